The molecule has 72 valence electrons. The van der Waals surface area contributed by atoms with Gasteiger partial charge >= 0.3 is 0 Å². The van der Waals surface area contributed by atoms with Gasteiger partial charge in [0.25, 0.3) is 0 Å². The zero-order valence-electron chi connectivity index (χ0n) is 8.38. The molecule has 0 saturated heterocycles. The monoisotopic (exact) mass is 178 g/mol. The van der Waals surface area contributed by atoms with Gasteiger partial charge in [-0.15, -0.1) is 0 Å². The summed E-state index contributed by atoms with van der Waals surface area (Å²) in [7, 11) is 0. The van der Waals surface area contributed by atoms with Crippen LogP contribution in [0.25, 0.3) is 0 Å². The van der Waals surface area contributed by atoms with Crippen LogP contribution in [0.2, 0.25) is 0 Å². The molecule has 1 nitrogen and oxygen atoms in total. The van der Waals surface area contributed by atoms with Crippen molar-refractivity contribution in [1.29, 1.82) is 0 Å². The molecule has 0 spiro atoms. The van der Waals surface area contributed by atoms with E-state index in [0.29, 0.717) is 17.6 Å². The van der Waals surface area contributed by atoms with E-state index in [0.717, 1.165) is 19.3 Å². The number of allylic oxidation sites excluding steroid dienone is 2. The Labute approximate surface area is 80.2 Å². The zero-order valence-corrected chi connectivity index (χ0v) is 8.38. The fraction of sp³-hybridized carbons (Fsp3) is 0.750. The maximum Gasteiger partial charge on any atom is 0.136 e. The Morgan fingerprint density at radius 2 is 2.23 bits per heavy atom. The van der Waals surface area contributed by atoms with Crippen molar-refractivity contribution in [2.75, 3.05) is 0 Å². The molecule has 0 aromatic rings. The largest absolute Gasteiger partial charge is 0.299 e. The first kappa shape index (κ1) is 8.98. The van der Waals surface area contributed by atoms with Crippen LogP contribution >= 0.6 is 0 Å². The maximum absolute atomic E-state index is 11.7. The van der Waals surface area contributed by atoms with Crippen molar-refractivity contribution >= 4 is 5.78 Å². The van der Waals surface area contributed by atoms with E-state index in [9.17, 15) is 4.79 Å². The van der Waals surface area contributed by atoms with Crippen LogP contribution < -0.4 is 0 Å². The summed E-state index contributed by atoms with van der Waals surface area (Å²) in [6.07, 6.45) is 8.98. The van der Waals surface area contributed by atoms with Crippen molar-refractivity contribution in [3.8, 4) is 0 Å². The molecule has 2 aliphatic rings. The van der Waals surface area contributed by atoms with E-state index in [1.54, 1.807) is 0 Å². The Morgan fingerprint density at radius 3 is 3.08 bits per heavy atom. The summed E-state index contributed by atoms with van der Waals surface area (Å²) >= 11 is 0. The quantitative estimate of drug-likeness (QED) is 0.521. The van der Waals surface area contributed by atoms with E-state index in [1.165, 1.54) is 24.8 Å². The normalized spacial score (nSPS) is 34.8. The van der Waals surface area contributed by atoms with E-state index in [1.807, 2.05) is 0 Å². The highest BCUT2D eigenvalue weighted by Crippen LogP contribution is 2.36. The van der Waals surface area contributed by atoms with Gasteiger partial charge in [-0.1, -0.05) is 18.1 Å². The molecule has 1 fully saturated rings. The molecule has 0 radical (unpaired) electrons. The van der Waals surface area contributed by atoms with Gasteiger partial charge in [0.05, 0.1) is 0 Å². The Morgan fingerprint density at radius 1 is 1.38 bits per heavy atom. The van der Waals surface area contributed by atoms with Gasteiger partial charge in [-0.25, -0.2) is 0 Å². The Kier molecular flexibility index (Phi) is 2.52. The van der Waals surface area contributed by atoms with Gasteiger partial charge < -0.3 is 0 Å². The van der Waals surface area contributed by atoms with Crippen molar-refractivity contribution in [3.63, 3.8) is 0 Å². The van der Waals surface area contributed by atoms with Crippen molar-refractivity contribution < 1.29 is 4.79 Å². The van der Waals surface area contributed by atoms with E-state index in [2.05, 4.69) is 13.0 Å². The Balaban J connectivity index is 2.14. The molecule has 0 bridgehead atoms. The standard InChI is InChI=1S/C12H18O/c1-9-6-7-11-10(8-9)4-2-3-5-12(11)13/h6,10-11H,2-5,7-8H2,1H3/t10-,11+/m0/s1. The van der Waals surface area contributed by atoms with Gasteiger partial charge in [0.15, 0.2) is 0 Å². The van der Waals surface area contributed by atoms with Crippen molar-refractivity contribution in [1.82, 2.24) is 0 Å². The van der Waals surface area contributed by atoms with Gasteiger partial charge in [0, 0.05) is 12.3 Å². The van der Waals surface area contributed by atoms with Gasteiger partial charge in [-0.3, -0.25) is 4.79 Å². The zero-order chi connectivity index (χ0) is 9.26. The first-order chi connectivity index (χ1) is 6.27. The average Bonchev–Trinajstić information content (AvgIpc) is 2.28. The molecule has 0 N–H and O–H groups in total. The lowest BCUT2D eigenvalue weighted by atomic mass is 9.77. The number of fused-ring (bicyclic) bond motifs is 1. The Hall–Kier alpha value is -0.590. The topological polar surface area (TPSA) is 17.1 Å². The number of hydrogen-bond donors (Lipinski definition) is 0. The molecule has 13 heavy (non-hydrogen) atoms. The molecule has 0 aromatic carbocycles. The molecular weight excluding hydrogens is 160 g/mol. The summed E-state index contributed by atoms with van der Waals surface area (Å²) in [5.41, 5.74) is 1.50. The third-order valence-electron chi connectivity index (χ3n) is 3.54. The molecular formula is C12H18O. The van der Waals surface area contributed by atoms with Crippen LogP contribution in [0.15, 0.2) is 11.6 Å². The molecule has 0 unspecified atom stereocenters. The summed E-state index contributed by atoms with van der Waals surface area (Å²) in [5, 5.41) is 0. The van der Waals surface area contributed by atoms with E-state index in [4.69, 9.17) is 0 Å². The molecule has 2 aliphatic carbocycles. The second-order valence-corrected chi connectivity index (χ2v) is 4.57. The molecule has 2 atom stereocenters. The number of Topliss-reactive ketones (excluding diaryl/α,β-unsaturated/α-hetero) is 1. The number of ketones is 1. The first-order valence-corrected chi connectivity index (χ1v) is 5.45. The smallest absolute Gasteiger partial charge is 0.136 e. The minimum absolute atomic E-state index is 0.381. The SMILES string of the molecule is CC1=CC[C@H]2C(=O)CCCC[C@H]2C1. The Bertz CT molecular complexity index is 240. The summed E-state index contributed by atoms with van der Waals surface area (Å²) < 4.78 is 0. The summed E-state index contributed by atoms with van der Waals surface area (Å²) in [6, 6.07) is 0. The summed E-state index contributed by atoms with van der Waals surface area (Å²) in [5.74, 6) is 1.59. The predicted molar refractivity (Wildman–Crippen MR) is 53.4 cm³/mol. The predicted octanol–water partition coefficient (Wildman–Crippen LogP) is 3.10. The van der Waals surface area contributed by atoms with Gasteiger partial charge in [0.2, 0.25) is 0 Å². The van der Waals surface area contributed by atoms with Crippen LogP contribution in [0, 0.1) is 11.8 Å². The van der Waals surface area contributed by atoms with Crippen LogP contribution in [0.1, 0.15) is 45.4 Å². The van der Waals surface area contributed by atoms with Crippen LogP contribution in [0.4, 0.5) is 0 Å². The fourth-order valence-corrected chi connectivity index (χ4v) is 2.75. The van der Waals surface area contributed by atoms with E-state index in [-0.39, 0.29) is 0 Å². The first-order valence-electron chi connectivity index (χ1n) is 5.45. The average molecular weight is 178 g/mol. The van der Waals surface area contributed by atoms with Crippen molar-refractivity contribution in [2.45, 2.75) is 45.4 Å². The minimum atomic E-state index is 0.381. The second-order valence-electron chi connectivity index (χ2n) is 4.57. The van der Waals surface area contributed by atoms with Crippen molar-refractivity contribution in [3.05, 3.63) is 11.6 Å². The van der Waals surface area contributed by atoms with Crippen LogP contribution in [-0.2, 0) is 4.79 Å². The van der Waals surface area contributed by atoms with Crippen molar-refractivity contribution in [2.24, 2.45) is 11.8 Å². The van der Waals surface area contributed by atoms with Gasteiger partial charge in [-0.2, -0.15) is 0 Å². The highest BCUT2D eigenvalue weighted by molar-refractivity contribution is 5.81. The molecule has 2 rings (SSSR count). The third-order valence-corrected chi connectivity index (χ3v) is 3.54. The number of rotatable bonds is 0. The number of hydrogen-bond acceptors (Lipinski definition) is 1. The van der Waals surface area contributed by atoms with Crippen LogP contribution in [-0.4, -0.2) is 5.78 Å². The summed E-state index contributed by atoms with van der Waals surface area (Å²) in [4.78, 5) is 11.7. The summed E-state index contributed by atoms with van der Waals surface area (Å²) in [6.45, 7) is 2.20. The van der Waals surface area contributed by atoms with E-state index < -0.39 is 0 Å². The minimum Gasteiger partial charge on any atom is -0.299 e. The third kappa shape index (κ3) is 1.84. The molecule has 0 heterocycles. The number of carbonyl (C=O) groups excluding carboxylic acids is 1. The van der Waals surface area contributed by atoms with E-state index >= 15 is 0 Å². The molecule has 0 aromatic heterocycles. The molecule has 0 aliphatic heterocycles. The van der Waals surface area contributed by atoms with Gasteiger partial charge in [0.1, 0.15) is 5.78 Å². The lowest BCUT2D eigenvalue weighted by molar-refractivity contribution is -0.124. The fourth-order valence-electron chi connectivity index (χ4n) is 2.75. The van der Waals surface area contributed by atoms with Crippen LogP contribution in [0.5, 0.6) is 0 Å². The van der Waals surface area contributed by atoms with Crippen LogP contribution in [0.3, 0.4) is 0 Å². The number of carbonyl (C=O) groups is 1. The molecule has 0 amide bonds. The molecule has 1 saturated carbocycles. The highest BCUT2D eigenvalue weighted by atomic mass is 16.1. The lowest BCUT2D eigenvalue weighted by Gasteiger charge is -2.27. The maximum atomic E-state index is 11.7. The second kappa shape index (κ2) is 3.65. The highest BCUT2D eigenvalue weighted by Gasteiger charge is 2.31. The van der Waals surface area contributed by atoms with Gasteiger partial charge in [-0.05, 0) is 38.5 Å². The molecule has 1 heteroatoms. The lowest BCUT2D eigenvalue weighted by Crippen LogP contribution is -2.24.